The van der Waals surface area contributed by atoms with Crippen LogP contribution in [-0.4, -0.2) is 11.7 Å². The number of rotatable bonds is 5. The zero-order valence-corrected chi connectivity index (χ0v) is 11.5. The molecule has 0 N–H and O–H groups in total. The summed E-state index contributed by atoms with van der Waals surface area (Å²) in [6.07, 6.45) is 1.34. The van der Waals surface area contributed by atoms with E-state index in [9.17, 15) is 4.79 Å². The summed E-state index contributed by atoms with van der Waals surface area (Å²) in [6.45, 7) is 1.35. The zero-order chi connectivity index (χ0) is 14.2. The molecule has 3 nitrogen and oxygen atoms in total. The fraction of sp³-hybridized carbons (Fsp3) is 0.176. The van der Waals surface area contributed by atoms with Gasteiger partial charge in [0.2, 0.25) is 0 Å². The summed E-state index contributed by atoms with van der Waals surface area (Å²) in [5, 5.41) is 3.98. The van der Waals surface area contributed by atoms with E-state index in [0.717, 1.165) is 16.8 Å². The Morgan fingerprint density at radius 3 is 1.75 bits per heavy atom. The van der Waals surface area contributed by atoms with Gasteiger partial charge in [-0.3, -0.25) is 0 Å². The molecule has 2 aromatic rings. The fourth-order valence-corrected chi connectivity index (χ4v) is 1.92. The Hall–Kier alpha value is -2.42. The Balaban J connectivity index is 2.12. The van der Waals surface area contributed by atoms with Crippen molar-refractivity contribution >= 4 is 11.7 Å². The molecule has 0 aliphatic rings. The van der Waals surface area contributed by atoms with E-state index in [4.69, 9.17) is 4.84 Å². The van der Waals surface area contributed by atoms with E-state index >= 15 is 0 Å². The highest BCUT2D eigenvalue weighted by atomic mass is 16.7. The van der Waals surface area contributed by atoms with Gasteiger partial charge in [0, 0.05) is 19.8 Å². The van der Waals surface area contributed by atoms with E-state index in [1.165, 1.54) is 6.92 Å². The highest BCUT2D eigenvalue weighted by molar-refractivity contribution is 5.88. The minimum absolute atomic E-state index is 0.399. The number of carbonyl (C=O) groups excluding carboxylic acids is 1. The lowest BCUT2D eigenvalue weighted by atomic mass is 10.0. The lowest BCUT2D eigenvalue weighted by Gasteiger charge is -2.06. The summed E-state index contributed by atoms with van der Waals surface area (Å²) < 4.78 is 0. The maximum atomic E-state index is 10.9. The lowest BCUT2D eigenvalue weighted by Crippen LogP contribution is -2.09. The molecule has 0 atom stereocenters. The van der Waals surface area contributed by atoms with Crippen molar-refractivity contribution in [1.29, 1.82) is 0 Å². The first-order valence-electron chi connectivity index (χ1n) is 6.55. The first-order chi connectivity index (χ1) is 9.74. The quantitative estimate of drug-likeness (QED) is 0.473. The van der Waals surface area contributed by atoms with Gasteiger partial charge in [-0.05, 0) is 11.1 Å². The van der Waals surface area contributed by atoms with Crippen molar-refractivity contribution in [2.75, 3.05) is 0 Å². The summed E-state index contributed by atoms with van der Waals surface area (Å²) in [6, 6.07) is 20.0. The summed E-state index contributed by atoms with van der Waals surface area (Å²) in [5.41, 5.74) is 3.13. The van der Waals surface area contributed by atoms with Gasteiger partial charge in [0.05, 0.1) is 5.71 Å². The second kappa shape index (κ2) is 7.24. The molecule has 3 heteroatoms. The third-order valence-corrected chi connectivity index (χ3v) is 2.81. The Morgan fingerprint density at radius 1 is 0.900 bits per heavy atom. The summed E-state index contributed by atoms with van der Waals surface area (Å²) >= 11 is 0. The summed E-state index contributed by atoms with van der Waals surface area (Å²) in [4.78, 5) is 15.7. The van der Waals surface area contributed by atoms with Gasteiger partial charge in [-0.2, -0.15) is 0 Å². The molecular formula is C17H17NO2. The van der Waals surface area contributed by atoms with Crippen LogP contribution in [0.4, 0.5) is 0 Å². The Morgan fingerprint density at radius 2 is 1.35 bits per heavy atom. The lowest BCUT2D eigenvalue weighted by molar-refractivity contribution is -0.140. The van der Waals surface area contributed by atoms with Crippen molar-refractivity contribution < 1.29 is 9.63 Å². The summed E-state index contributed by atoms with van der Waals surface area (Å²) in [5.74, 6) is -0.399. The van der Waals surface area contributed by atoms with E-state index in [0.29, 0.717) is 12.8 Å². The van der Waals surface area contributed by atoms with Gasteiger partial charge in [0.15, 0.2) is 0 Å². The monoisotopic (exact) mass is 267 g/mol. The van der Waals surface area contributed by atoms with Gasteiger partial charge in [0.1, 0.15) is 0 Å². The predicted molar refractivity (Wildman–Crippen MR) is 79.5 cm³/mol. The molecule has 20 heavy (non-hydrogen) atoms. The molecule has 0 saturated heterocycles. The van der Waals surface area contributed by atoms with Gasteiger partial charge < -0.3 is 4.84 Å². The van der Waals surface area contributed by atoms with Gasteiger partial charge in [-0.1, -0.05) is 65.8 Å². The topological polar surface area (TPSA) is 38.7 Å². The van der Waals surface area contributed by atoms with Crippen LogP contribution < -0.4 is 0 Å². The maximum absolute atomic E-state index is 10.9. The smallest absolute Gasteiger partial charge is 0.319 e. The van der Waals surface area contributed by atoms with E-state index < -0.39 is 5.97 Å². The molecule has 2 rings (SSSR count). The van der Waals surface area contributed by atoms with Crippen LogP contribution >= 0.6 is 0 Å². The zero-order valence-electron chi connectivity index (χ0n) is 11.5. The van der Waals surface area contributed by atoms with E-state index in [-0.39, 0.29) is 0 Å². The number of oxime groups is 1. The molecule has 102 valence electrons. The van der Waals surface area contributed by atoms with Crippen molar-refractivity contribution in [3.8, 4) is 0 Å². The molecule has 0 heterocycles. The van der Waals surface area contributed by atoms with Crippen molar-refractivity contribution in [2.45, 2.75) is 19.8 Å². The van der Waals surface area contributed by atoms with Gasteiger partial charge in [-0.25, -0.2) is 4.79 Å². The van der Waals surface area contributed by atoms with Crippen LogP contribution in [0.5, 0.6) is 0 Å². The second-order valence-corrected chi connectivity index (χ2v) is 4.57. The Bertz CT molecular complexity index is 533. The van der Waals surface area contributed by atoms with Crippen LogP contribution in [0.2, 0.25) is 0 Å². The van der Waals surface area contributed by atoms with Crippen LogP contribution in [0.1, 0.15) is 18.1 Å². The van der Waals surface area contributed by atoms with E-state index in [1.54, 1.807) is 0 Å². The number of nitrogens with zero attached hydrogens (tertiary/aromatic N) is 1. The second-order valence-electron chi connectivity index (χ2n) is 4.57. The normalized spacial score (nSPS) is 9.85. The molecular weight excluding hydrogens is 250 g/mol. The SMILES string of the molecule is CC(=O)ON=C(Cc1ccccc1)Cc1ccccc1. The first kappa shape index (κ1) is 14.0. The van der Waals surface area contributed by atoms with Crippen LogP contribution in [0, 0.1) is 0 Å². The van der Waals surface area contributed by atoms with Crippen LogP contribution in [0.25, 0.3) is 0 Å². The number of hydrogen-bond acceptors (Lipinski definition) is 3. The molecule has 0 aromatic heterocycles. The number of carbonyl (C=O) groups is 1. The molecule has 0 unspecified atom stereocenters. The minimum atomic E-state index is -0.399. The molecule has 2 aromatic carbocycles. The van der Waals surface area contributed by atoms with Crippen molar-refractivity contribution in [3.05, 3.63) is 71.8 Å². The van der Waals surface area contributed by atoms with Crippen LogP contribution in [-0.2, 0) is 22.5 Å². The number of benzene rings is 2. The molecule has 0 amide bonds. The van der Waals surface area contributed by atoms with Crippen molar-refractivity contribution in [2.24, 2.45) is 5.16 Å². The molecule has 0 aliphatic heterocycles. The third-order valence-electron chi connectivity index (χ3n) is 2.81. The third kappa shape index (κ3) is 4.69. The minimum Gasteiger partial charge on any atom is -0.319 e. The first-order valence-corrected chi connectivity index (χ1v) is 6.55. The molecule has 0 bridgehead atoms. The van der Waals surface area contributed by atoms with E-state index in [1.807, 2.05) is 60.7 Å². The highest BCUT2D eigenvalue weighted by Crippen LogP contribution is 2.07. The molecule has 0 radical (unpaired) electrons. The highest BCUT2D eigenvalue weighted by Gasteiger charge is 2.05. The molecule has 0 saturated carbocycles. The predicted octanol–water partition coefficient (Wildman–Crippen LogP) is 3.39. The molecule has 0 fully saturated rings. The largest absolute Gasteiger partial charge is 0.331 e. The van der Waals surface area contributed by atoms with Crippen LogP contribution in [0.15, 0.2) is 65.8 Å². The van der Waals surface area contributed by atoms with Crippen LogP contribution in [0.3, 0.4) is 0 Å². The van der Waals surface area contributed by atoms with Gasteiger partial charge >= 0.3 is 5.97 Å². The summed E-state index contributed by atoms with van der Waals surface area (Å²) in [7, 11) is 0. The Kier molecular flexibility index (Phi) is 5.07. The van der Waals surface area contributed by atoms with Gasteiger partial charge in [-0.15, -0.1) is 0 Å². The standard InChI is InChI=1S/C17H17NO2/c1-14(19)20-18-17(12-15-8-4-2-5-9-15)13-16-10-6-3-7-11-16/h2-11H,12-13H2,1H3. The molecule has 0 spiro atoms. The van der Waals surface area contributed by atoms with Crippen molar-refractivity contribution in [1.82, 2.24) is 0 Å². The maximum Gasteiger partial charge on any atom is 0.331 e. The average molecular weight is 267 g/mol. The fourth-order valence-electron chi connectivity index (χ4n) is 1.92. The van der Waals surface area contributed by atoms with E-state index in [2.05, 4.69) is 5.16 Å². The molecule has 0 aliphatic carbocycles. The van der Waals surface area contributed by atoms with Crippen molar-refractivity contribution in [3.63, 3.8) is 0 Å². The average Bonchev–Trinajstić information content (AvgIpc) is 2.47. The number of hydrogen-bond donors (Lipinski definition) is 0. The van der Waals surface area contributed by atoms with Gasteiger partial charge in [0.25, 0.3) is 0 Å². The Labute approximate surface area is 118 Å².